The van der Waals surface area contributed by atoms with Crippen LogP contribution in [0.2, 0.25) is 0 Å². The second-order valence-corrected chi connectivity index (χ2v) is 4.95. The number of aromatic nitrogens is 1. The average molecular weight is 335 g/mol. The number of anilines is 1. The SMILES string of the molecule is CCOc1c(F)cc(-n2c(N)c3c(cc2=O)C(=O)NC3=O)cc1F. The van der Waals surface area contributed by atoms with Gasteiger partial charge in [-0.15, -0.1) is 0 Å². The standard InChI is InChI=1S/C15H11F2N3O4/c1-2-24-12-8(16)3-6(4-9(12)17)20-10(21)5-7-11(13(20)18)15(23)19-14(7)22/h3-5H,2,18H2,1H3,(H,19,22,23). The second kappa shape index (κ2) is 5.44. The normalized spacial score (nSPS) is 13.0. The van der Waals surface area contributed by atoms with Crippen molar-refractivity contribution in [2.75, 3.05) is 12.3 Å². The summed E-state index contributed by atoms with van der Waals surface area (Å²) in [4.78, 5) is 35.6. The summed E-state index contributed by atoms with van der Waals surface area (Å²) in [6, 6.07) is 2.60. The third-order valence-electron chi connectivity index (χ3n) is 3.48. The van der Waals surface area contributed by atoms with Crippen LogP contribution >= 0.6 is 0 Å². The van der Waals surface area contributed by atoms with Crippen molar-refractivity contribution < 1.29 is 23.1 Å². The van der Waals surface area contributed by atoms with Gasteiger partial charge in [-0.2, -0.15) is 0 Å². The van der Waals surface area contributed by atoms with E-state index in [4.69, 9.17) is 10.5 Å². The summed E-state index contributed by atoms with van der Waals surface area (Å²) >= 11 is 0. The number of pyridine rings is 1. The maximum Gasteiger partial charge on any atom is 0.262 e. The number of amides is 2. The van der Waals surface area contributed by atoms with E-state index in [1.54, 1.807) is 6.92 Å². The van der Waals surface area contributed by atoms with Crippen LogP contribution in [-0.4, -0.2) is 23.0 Å². The summed E-state index contributed by atoms with van der Waals surface area (Å²) in [7, 11) is 0. The van der Waals surface area contributed by atoms with Crippen molar-refractivity contribution in [1.29, 1.82) is 0 Å². The van der Waals surface area contributed by atoms with Crippen molar-refractivity contribution in [3.8, 4) is 11.4 Å². The van der Waals surface area contributed by atoms with E-state index in [0.717, 1.165) is 22.8 Å². The van der Waals surface area contributed by atoms with Crippen LogP contribution in [-0.2, 0) is 0 Å². The molecule has 0 aliphatic carbocycles. The van der Waals surface area contributed by atoms with Crippen LogP contribution in [0.3, 0.4) is 0 Å². The van der Waals surface area contributed by atoms with Gasteiger partial charge in [0, 0.05) is 18.2 Å². The number of hydrogen-bond donors (Lipinski definition) is 2. The van der Waals surface area contributed by atoms with Gasteiger partial charge in [0.15, 0.2) is 17.4 Å². The highest BCUT2D eigenvalue weighted by molar-refractivity contribution is 6.23. The Morgan fingerprint density at radius 1 is 1.12 bits per heavy atom. The molecule has 0 spiro atoms. The Hall–Kier alpha value is -3.23. The van der Waals surface area contributed by atoms with Crippen LogP contribution in [0.4, 0.5) is 14.6 Å². The van der Waals surface area contributed by atoms with Gasteiger partial charge in [0.1, 0.15) is 5.82 Å². The largest absolute Gasteiger partial charge is 0.488 e. The van der Waals surface area contributed by atoms with Crippen LogP contribution in [0, 0.1) is 11.6 Å². The fourth-order valence-electron chi connectivity index (χ4n) is 2.50. The van der Waals surface area contributed by atoms with Gasteiger partial charge in [0.2, 0.25) is 0 Å². The average Bonchev–Trinajstić information content (AvgIpc) is 2.77. The second-order valence-electron chi connectivity index (χ2n) is 4.95. The maximum absolute atomic E-state index is 14.0. The summed E-state index contributed by atoms with van der Waals surface area (Å²) in [6.45, 7) is 1.61. The molecule has 124 valence electrons. The van der Waals surface area contributed by atoms with Crippen molar-refractivity contribution in [3.63, 3.8) is 0 Å². The first kappa shape index (κ1) is 15.7. The topological polar surface area (TPSA) is 103 Å². The molecule has 0 unspecified atom stereocenters. The Balaban J connectivity index is 2.25. The molecule has 1 aromatic heterocycles. The minimum absolute atomic E-state index is 0.0520. The molecule has 0 atom stereocenters. The first-order valence-corrected chi connectivity index (χ1v) is 6.88. The predicted molar refractivity (Wildman–Crippen MR) is 79.3 cm³/mol. The molecule has 0 radical (unpaired) electrons. The highest BCUT2D eigenvalue weighted by Gasteiger charge is 2.32. The lowest BCUT2D eigenvalue weighted by Gasteiger charge is -2.13. The maximum atomic E-state index is 14.0. The Labute approximate surface area is 133 Å². The van der Waals surface area contributed by atoms with E-state index in [1.165, 1.54) is 0 Å². The van der Waals surface area contributed by atoms with Crippen molar-refractivity contribution in [3.05, 3.63) is 51.3 Å². The van der Waals surface area contributed by atoms with Crippen molar-refractivity contribution in [1.82, 2.24) is 9.88 Å². The lowest BCUT2D eigenvalue weighted by atomic mass is 10.1. The van der Waals surface area contributed by atoms with Gasteiger partial charge in [0.25, 0.3) is 17.4 Å². The van der Waals surface area contributed by atoms with Gasteiger partial charge in [-0.05, 0) is 6.92 Å². The molecule has 7 nitrogen and oxygen atoms in total. The number of nitrogens with zero attached hydrogens (tertiary/aromatic N) is 1. The number of benzene rings is 1. The zero-order valence-corrected chi connectivity index (χ0v) is 12.4. The smallest absolute Gasteiger partial charge is 0.262 e. The molecule has 1 aliphatic rings. The lowest BCUT2D eigenvalue weighted by molar-refractivity contribution is 0.0880. The van der Waals surface area contributed by atoms with Gasteiger partial charge in [0.05, 0.1) is 23.4 Å². The van der Waals surface area contributed by atoms with Crippen LogP contribution in [0.1, 0.15) is 27.6 Å². The summed E-state index contributed by atoms with van der Waals surface area (Å²) in [5.74, 6) is -4.56. The number of hydrogen-bond acceptors (Lipinski definition) is 5. The fourth-order valence-corrected chi connectivity index (χ4v) is 2.50. The number of ether oxygens (including phenoxy) is 1. The number of carbonyl (C=O) groups is 2. The molecule has 2 heterocycles. The van der Waals surface area contributed by atoms with Crippen molar-refractivity contribution >= 4 is 17.6 Å². The molecule has 2 amide bonds. The Kier molecular flexibility index (Phi) is 3.55. The number of fused-ring (bicyclic) bond motifs is 1. The molecule has 1 aromatic carbocycles. The molecular weight excluding hydrogens is 324 g/mol. The fraction of sp³-hybridized carbons (Fsp3) is 0.133. The first-order valence-electron chi connectivity index (χ1n) is 6.88. The highest BCUT2D eigenvalue weighted by atomic mass is 19.1. The number of carbonyl (C=O) groups excluding carboxylic acids is 2. The minimum Gasteiger partial charge on any atom is -0.488 e. The van der Waals surface area contributed by atoms with E-state index in [2.05, 4.69) is 0 Å². The van der Waals surface area contributed by atoms with E-state index in [0.29, 0.717) is 0 Å². The zero-order valence-electron chi connectivity index (χ0n) is 12.4. The Bertz CT molecular complexity index is 929. The molecule has 0 saturated heterocycles. The monoisotopic (exact) mass is 335 g/mol. The van der Waals surface area contributed by atoms with Crippen molar-refractivity contribution in [2.24, 2.45) is 0 Å². The molecule has 2 aromatic rings. The number of halogens is 2. The van der Waals surface area contributed by atoms with Gasteiger partial charge in [-0.25, -0.2) is 8.78 Å². The van der Waals surface area contributed by atoms with Crippen molar-refractivity contribution in [2.45, 2.75) is 6.92 Å². The molecule has 9 heteroatoms. The zero-order chi connectivity index (χ0) is 17.6. The Morgan fingerprint density at radius 2 is 1.75 bits per heavy atom. The van der Waals surface area contributed by atoms with Gasteiger partial charge >= 0.3 is 0 Å². The molecular formula is C15H11F2N3O4. The molecule has 0 saturated carbocycles. The number of rotatable bonds is 3. The number of nitrogens with one attached hydrogen (secondary N) is 1. The van der Waals surface area contributed by atoms with Crippen LogP contribution in [0.15, 0.2) is 23.0 Å². The molecule has 1 aliphatic heterocycles. The molecule has 0 fully saturated rings. The van der Waals surface area contributed by atoms with Gasteiger partial charge in [-0.3, -0.25) is 24.3 Å². The lowest BCUT2D eigenvalue weighted by Crippen LogP contribution is -2.24. The van der Waals surface area contributed by atoms with Gasteiger partial charge < -0.3 is 10.5 Å². The molecule has 3 rings (SSSR count). The third kappa shape index (κ3) is 2.21. The van der Waals surface area contributed by atoms with E-state index in [1.807, 2.05) is 5.32 Å². The van der Waals surface area contributed by atoms with E-state index >= 15 is 0 Å². The first-order chi connectivity index (χ1) is 11.3. The summed E-state index contributed by atoms with van der Waals surface area (Å²) < 4.78 is 33.6. The number of nitrogens with two attached hydrogens (primary N) is 1. The number of imide groups is 1. The van der Waals surface area contributed by atoms with E-state index in [9.17, 15) is 23.2 Å². The van der Waals surface area contributed by atoms with E-state index in [-0.39, 0.29) is 29.2 Å². The predicted octanol–water partition coefficient (Wildman–Crippen LogP) is 0.980. The van der Waals surface area contributed by atoms with Crippen LogP contribution in [0.25, 0.3) is 5.69 Å². The highest BCUT2D eigenvalue weighted by Crippen LogP contribution is 2.28. The Morgan fingerprint density at radius 3 is 2.33 bits per heavy atom. The summed E-state index contributed by atoms with van der Waals surface area (Å²) in [5, 5.41) is 2.00. The minimum atomic E-state index is -1.03. The van der Waals surface area contributed by atoms with Crippen LogP contribution in [0.5, 0.6) is 5.75 Å². The summed E-state index contributed by atoms with van der Waals surface area (Å²) in [6.07, 6.45) is 0. The summed E-state index contributed by atoms with van der Waals surface area (Å²) in [5.41, 5.74) is 4.36. The van der Waals surface area contributed by atoms with E-state index < -0.39 is 34.8 Å². The van der Waals surface area contributed by atoms with Gasteiger partial charge in [-0.1, -0.05) is 0 Å². The quantitative estimate of drug-likeness (QED) is 0.814. The van der Waals surface area contributed by atoms with Crippen LogP contribution < -0.4 is 21.3 Å². The molecule has 3 N–H and O–H groups in total. The number of nitrogen functional groups attached to an aromatic ring is 1. The third-order valence-corrected chi connectivity index (χ3v) is 3.48. The molecule has 24 heavy (non-hydrogen) atoms. The molecule has 0 bridgehead atoms.